The summed E-state index contributed by atoms with van der Waals surface area (Å²) >= 11 is 1.54. The van der Waals surface area contributed by atoms with Crippen molar-refractivity contribution in [2.24, 2.45) is 0 Å². The molecule has 0 aliphatic carbocycles. The van der Waals surface area contributed by atoms with Gasteiger partial charge in [-0.05, 0) is 24.4 Å². The van der Waals surface area contributed by atoms with E-state index in [2.05, 4.69) is 10.3 Å². The molecule has 0 bridgehead atoms. The zero-order valence-electron chi connectivity index (χ0n) is 16.2. The van der Waals surface area contributed by atoms with Gasteiger partial charge in [-0.25, -0.2) is 4.98 Å². The molecule has 2 aromatic heterocycles. The smallest absolute Gasteiger partial charge is 0.236 e. The van der Waals surface area contributed by atoms with E-state index in [1.54, 1.807) is 44.8 Å². The number of rotatable bonds is 8. The number of nitrogens with zero attached hydrogens (tertiary/aromatic N) is 1. The minimum absolute atomic E-state index is 0.135. The number of amides is 1. The molecule has 3 aromatic rings. The van der Waals surface area contributed by atoms with Gasteiger partial charge in [-0.2, -0.15) is 0 Å². The number of aromatic nitrogens is 1. The number of aryl methyl sites for hydroxylation is 1. The number of oxazole rings is 1. The molecule has 3 rings (SSSR count). The molecule has 0 aliphatic rings. The van der Waals surface area contributed by atoms with Crippen LogP contribution >= 0.6 is 11.3 Å². The summed E-state index contributed by atoms with van der Waals surface area (Å²) in [5.74, 6) is 2.76. The van der Waals surface area contributed by atoms with E-state index in [-0.39, 0.29) is 18.9 Å². The molecule has 8 heteroatoms. The Labute approximate surface area is 167 Å². The Morgan fingerprint density at radius 1 is 1.14 bits per heavy atom. The van der Waals surface area contributed by atoms with Crippen molar-refractivity contribution in [1.82, 2.24) is 10.3 Å². The summed E-state index contributed by atoms with van der Waals surface area (Å²) in [4.78, 5) is 17.8. The summed E-state index contributed by atoms with van der Waals surface area (Å²) in [7, 11) is 4.69. The lowest BCUT2D eigenvalue weighted by molar-refractivity contribution is -0.120. The number of benzene rings is 1. The molecule has 1 N–H and O–H groups in total. The number of hydrogen-bond acceptors (Lipinski definition) is 7. The van der Waals surface area contributed by atoms with E-state index in [1.807, 2.05) is 24.4 Å². The first-order valence-electron chi connectivity index (χ1n) is 8.61. The number of hydrogen-bond donors (Lipinski definition) is 1. The normalized spacial score (nSPS) is 10.6. The molecule has 7 nitrogen and oxygen atoms in total. The first-order valence-corrected chi connectivity index (χ1v) is 9.49. The Bertz CT molecular complexity index is 950. The molecule has 0 spiro atoms. The molecule has 1 amide bonds. The van der Waals surface area contributed by atoms with Crippen molar-refractivity contribution >= 4 is 17.2 Å². The lowest BCUT2D eigenvalue weighted by Crippen LogP contribution is -2.25. The Hall–Kier alpha value is -3.00. The predicted molar refractivity (Wildman–Crippen MR) is 106 cm³/mol. The van der Waals surface area contributed by atoms with Gasteiger partial charge in [-0.15, -0.1) is 11.3 Å². The van der Waals surface area contributed by atoms with Crippen LogP contribution in [-0.2, 0) is 17.8 Å². The summed E-state index contributed by atoms with van der Waals surface area (Å²) in [5.41, 5.74) is 1.41. The Morgan fingerprint density at radius 3 is 2.50 bits per heavy atom. The minimum Gasteiger partial charge on any atom is -0.496 e. The molecular formula is C20H22N2O5S. The first-order chi connectivity index (χ1) is 13.5. The van der Waals surface area contributed by atoms with Gasteiger partial charge in [0.05, 0.1) is 38.3 Å². The average Bonchev–Trinajstić information content (AvgIpc) is 3.36. The Morgan fingerprint density at radius 2 is 1.86 bits per heavy atom. The molecule has 0 aliphatic heterocycles. The largest absolute Gasteiger partial charge is 0.496 e. The van der Waals surface area contributed by atoms with E-state index in [1.165, 1.54) is 0 Å². The number of methoxy groups -OCH3 is 3. The van der Waals surface area contributed by atoms with Crippen molar-refractivity contribution in [2.75, 3.05) is 21.3 Å². The molecular weight excluding hydrogens is 380 g/mol. The number of nitrogens with one attached hydrogen (secondary N) is 1. The van der Waals surface area contributed by atoms with Crippen LogP contribution in [0.15, 0.2) is 34.1 Å². The van der Waals surface area contributed by atoms with Crippen LogP contribution in [0.4, 0.5) is 0 Å². The van der Waals surface area contributed by atoms with Gasteiger partial charge in [0.2, 0.25) is 11.8 Å². The molecule has 28 heavy (non-hydrogen) atoms. The monoisotopic (exact) mass is 402 g/mol. The highest BCUT2D eigenvalue weighted by Crippen LogP contribution is 2.34. The summed E-state index contributed by atoms with van der Waals surface area (Å²) in [6.45, 7) is 2.10. The summed E-state index contributed by atoms with van der Waals surface area (Å²) in [5, 5.41) is 4.84. The fourth-order valence-electron chi connectivity index (χ4n) is 2.74. The van der Waals surface area contributed by atoms with Crippen LogP contribution in [0.25, 0.3) is 10.8 Å². The van der Waals surface area contributed by atoms with Crippen molar-refractivity contribution in [1.29, 1.82) is 0 Å². The standard InChI is InChI=1S/C20H22N2O5S/c1-12-14(22-20(27-12)18-6-5-7-28-18)9-19(23)21-11-13-8-16(25-3)17(26-4)10-15(13)24-2/h5-8,10H,9,11H2,1-4H3,(H,21,23). The van der Waals surface area contributed by atoms with Crippen LogP contribution in [-0.4, -0.2) is 32.2 Å². The lowest BCUT2D eigenvalue weighted by atomic mass is 10.1. The average molecular weight is 402 g/mol. The van der Waals surface area contributed by atoms with Gasteiger partial charge in [0.25, 0.3) is 0 Å². The molecule has 0 unspecified atom stereocenters. The topological polar surface area (TPSA) is 82.8 Å². The van der Waals surface area contributed by atoms with Gasteiger partial charge in [0.15, 0.2) is 11.5 Å². The molecule has 0 saturated heterocycles. The van der Waals surface area contributed by atoms with Gasteiger partial charge in [0, 0.05) is 18.2 Å². The summed E-state index contributed by atoms with van der Waals surface area (Å²) in [6, 6.07) is 7.38. The van der Waals surface area contributed by atoms with Crippen LogP contribution in [0.3, 0.4) is 0 Å². The van der Waals surface area contributed by atoms with Crippen LogP contribution in [0.2, 0.25) is 0 Å². The molecule has 148 valence electrons. The molecule has 1 aromatic carbocycles. The third-order valence-corrected chi connectivity index (χ3v) is 5.07. The third-order valence-electron chi connectivity index (χ3n) is 4.22. The summed E-state index contributed by atoms with van der Waals surface area (Å²) in [6.07, 6.45) is 0.135. The lowest BCUT2D eigenvalue weighted by Gasteiger charge is -2.14. The number of ether oxygens (including phenoxy) is 3. The maximum absolute atomic E-state index is 12.4. The van der Waals surface area contributed by atoms with Crippen molar-refractivity contribution in [3.8, 4) is 28.0 Å². The van der Waals surface area contributed by atoms with E-state index in [0.29, 0.717) is 34.6 Å². The zero-order valence-corrected chi connectivity index (χ0v) is 17.0. The maximum atomic E-state index is 12.4. The fourth-order valence-corrected chi connectivity index (χ4v) is 3.39. The molecule has 2 heterocycles. The van der Waals surface area contributed by atoms with E-state index < -0.39 is 0 Å². The second-order valence-electron chi connectivity index (χ2n) is 5.97. The van der Waals surface area contributed by atoms with Crippen LogP contribution in [0.5, 0.6) is 17.2 Å². The Balaban J connectivity index is 1.68. The van der Waals surface area contributed by atoms with E-state index >= 15 is 0 Å². The second-order valence-corrected chi connectivity index (χ2v) is 6.92. The third kappa shape index (κ3) is 4.28. The molecule has 0 atom stereocenters. The summed E-state index contributed by atoms with van der Waals surface area (Å²) < 4.78 is 21.7. The van der Waals surface area contributed by atoms with Gasteiger partial charge in [-0.1, -0.05) is 6.07 Å². The first kappa shape index (κ1) is 19.8. The van der Waals surface area contributed by atoms with Gasteiger partial charge in [-0.3, -0.25) is 4.79 Å². The van der Waals surface area contributed by atoms with Crippen LogP contribution in [0.1, 0.15) is 17.0 Å². The van der Waals surface area contributed by atoms with Crippen molar-refractivity contribution in [3.05, 3.63) is 46.7 Å². The zero-order chi connectivity index (χ0) is 20.1. The van der Waals surface area contributed by atoms with Crippen molar-refractivity contribution in [3.63, 3.8) is 0 Å². The van der Waals surface area contributed by atoms with Gasteiger partial charge in [0.1, 0.15) is 11.5 Å². The van der Waals surface area contributed by atoms with Gasteiger partial charge < -0.3 is 23.9 Å². The van der Waals surface area contributed by atoms with Crippen LogP contribution < -0.4 is 19.5 Å². The number of carbonyl (C=O) groups excluding carboxylic acids is 1. The van der Waals surface area contributed by atoms with E-state index in [4.69, 9.17) is 18.6 Å². The highest BCUT2D eigenvalue weighted by atomic mass is 32.1. The molecule has 0 fully saturated rings. The molecule has 0 radical (unpaired) electrons. The highest BCUT2D eigenvalue weighted by molar-refractivity contribution is 7.13. The van der Waals surface area contributed by atoms with E-state index in [0.717, 1.165) is 10.4 Å². The highest BCUT2D eigenvalue weighted by Gasteiger charge is 2.16. The fraction of sp³-hybridized carbons (Fsp3) is 0.300. The van der Waals surface area contributed by atoms with Crippen molar-refractivity contribution < 1.29 is 23.4 Å². The molecule has 0 saturated carbocycles. The SMILES string of the molecule is COc1cc(OC)c(OC)cc1CNC(=O)Cc1nc(-c2cccs2)oc1C. The quantitative estimate of drug-likeness (QED) is 0.620. The van der Waals surface area contributed by atoms with Gasteiger partial charge >= 0.3 is 0 Å². The van der Waals surface area contributed by atoms with Crippen molar-refractivity contribution in [2.45, 2.75) is 19.9 Å². The maximum Gasteiger partial charge on any atom is 0.236 e. The Kier molecular flexibility index (Phi) is 6.20. The number of thiophene rings is 1. The minimum atomic E-state index is -0.161. The van der Waals surface area contributed by atoms with Crippen LogP contribution in [0, 0.1) is 6.92 Å². The van der Waals surface area contributed by atoms with E-state index in [9.17, 15) is 4.79 Å². The predicted octanol–water partition coefficient (Wildman–Crippen LogP) is 3.60. The second kappa shape index (κ2) is 8.79. The number of carbonyl (C=O) groups is 1.